The monoisotopic (exact) mass is 525 g/mol. The minimum atomic E-state index is -4.17. The molecule has 0 radical (unpaired) electrons. The highest BCUT2D eigenvalue weighted by atomic mass is 35.5. The van der Waals surface area contributed by atoms with Crippen molar-refractivity contribution in [2.24, 2.45) is 5.18 Å². The summed E-state index contributed by atoms with van der Waals surface area (Å²) in [6, 6.07) is 2.29. The largest absolute Gasteiger partial charge is 0.437 e. The zero-order chi connectivity index (χ0) is 26.3. The number of nitrogens with zero attached hydrogens (tertiary/aromatic N) is 2. The van der Waals surface area contributed by atoms with Gasteiger partial charge in [0, 0.05) is 44.8 Å². The van der Waals surface area contributed by atoms with Gasteiger partial charge in [-0.15, -0.1) is 4.91 Å². The maximum atomic E-state index is 13.9. The molecule has 0 bridgehead atoms. The molecule has 2 fully saturated rings. The first-order chi connectivity index (χ1) is 16.5. The molecular formula is C22H28ClF4N3O5. The van der Waals surface area contributed by atoms with Crippen molar-refractivity contribution < 1.29 is 36.6 Å². The third-order valence-corrected chi connectivity index (χ3v) is 5.84. The fourth-order valence-corrected chi connectivity index (χ4v) is 3.98. The van der Waals surface area contributed by atoms with Gasteiger partial charge in [-0.25, -0.2) is 28.8 Å². The van der Waals surface area contributed by atoms with Crippen LogP contribution < -0.4 is 5.43 Å². The molecule has 8 nitrogen and oxygen atoms in total. The lowest BCUT2D eigenvalue weighted by Gasteiger charge is -2.44. The summed E-state index contributed by atoms with van der Waals surface area (Å²) >= 11 is 4.79. The lowest BCUT2D eigenvalue weighted by Crippen LogP contribution is -2.61. The highest BCUT2D eigenvalue weighted by molar-refractivity contribution is 6.31. The number of nitrogens with one attached hydrogen (secondary N) is 1. The predicted octanol–water partition coefficient (Wildman–Crippen LogP) is 5.25. The number of carbonyl (C=O) groups is 2. The lowest BCUT2D eigenvalue weighted by molar-refractivity contribution is -0.196. The molecule has 1 saturated carbocycles. The summed E-state index contributed by atoms with van der Waals surface area (Å²) in [7, 11) is 0. The fraction of sp³-hybridized carbons (Fsp3) is 0.636. The number of piperidine rings is 1. The molecule has 0 unspecified atom stereocenters. The molecule has 1 heterocycles. The Morgan fingerprint density at radius 1 is 1.06 bits per heavy atom. The standard InChI is InChI=1S/C20H22ClF4N3O5.C2H6/c21-20(24,25)17(30)33-18(6-2-1-3-7-18)26-28-10-8-19(27-31,9-11-28)32-16(29)14-5-4-13(22)12-15(14)23;1-2/h4-5,12,26H,1-3,6-11H2;1-2H3. The zero-order valence-electron chi connectivity index (χ0n) is 19.4. The minimum Gasteiger partial charge on any atom is -0.437 e. The van der Waals surface area contributed by atoms with E-state index in [9.17, 15) is 32.1 Å². The van der Waals surface area contributed by atoms with Crippen LogP contribution in [0.3, 0.4) is 0 Å². The van der Waals surface area contributed by atoms with E-state index in [1.165, 1.54) is 0 Å². The molecule has 0 spiro atoms. The van der Waals surface area contributed by atoms with Crippen molar-refractivity contribution in [1.29, 1.82) is 0 Å². The predicted molar refractivity (Wildman–Crippen MR) is 118 cm³/mol. The second-order valence-electron chi connectivity index (χ2n) is 8.09. The maximum Gasteiger partial charge on any atom is 0.418 e. The average molecular weight is 526 g/mol. The molecule has 3 rings (SSSR count). The van der Waals surface area contributed by atoms with Crippen molar-refractivity contribution in [2.45, 2.75) is 75.6 Å². The summed E-state index contributed by atoms with van der Waals surface area (Å²) in [5, 5.41) is 0.309. The Morgan fingerprint density at radius 3 is 2.17 bits per heavy atom. The molecular weight excluding hydrogens is 498 g/mol. The molecule has 1 saturated heterocycles. The van der Waals surface area contributed by atoms with Crippen LogP contribution in [-0.4, -0.2) is 46.9 Å². The van der Waals surface area contributed by atoms with Crippen LogP contribution >= 0.6 is 11.6 Å². The first kappa shape index (κ1) is 28.9. The van der Waals surface area contributed by atoms with Crippen LogP contribution in [0.15, 0.2) is 23.4 Å². The highest BCUT2D eigenvalue weighted by Gasteiger charge is 2.47. The topological polar surface area (TPSA) is 97.3 Å². The number of rotatable bonds is 7. The zero-order valence-corrected chi connectivity index (χ0v) is 20.2. The molecule has 0 aromatic heterocycles. The van der Waals surface area contributed by atoms with Crippen LogP contribution in [0, 0.1) is 16.5 Å². The summed E-state index contributed by atoms with van der Waals surface area (Å²) in [6.07, 6.45) is 2.44. The molecule has 0 atom stereocenters. The van der Waals surface area contributed by atoms with Gasteiger partial charge in [-0.3, -0.25) is 0 Å². The SMILES string of the molecule is CC.O=NC1(OC(=O)c2ccc(F)cc2F)CCN(NC2(OC(=O)C(F)(F)Cl)CCCCC2)CC1. The Labute approximate surface area is 205 Å². The van der Waals surface area contributed by atoms with E-state index in [-0.39, 0.29) is 38.8 Å². The van der Waals surface area contributed by atoms with Gasteiger partial charge in [0.1, 0.15) is 11.6 Å². The molecule has 1 aliphatic heterocycles. The number of benzene rings is 1. The van der Waals surface area contributed by atoms with Crippen LogP contribution in [0.4, 0.5) is 17.6 Å². The summed E-state index contributed by atoms with van der Waals surface area (Å²) in [6.45, 7) is 4.14. The molecule has 1 aromatic carbocycles. The fourth-order valence-electron chi connectivity index (χ4n) is 3.95. The Hall–Kier alpha value is -2.31. The Balaban J connectivity index is 0.00000210. The number of ether oxygens (including phenoxy) is 2. The molecule has 2 aliphatic rings. The number of halogens is 5. The van der Waals surface area contributed by atoms with E-state index in [1.807, 2.05) is 13.8 Å². The van der Waals surface area contributed by atoms with Crippen LogP contribution in [0.5, 0.6) is 0 Å². The number of esters is 2. The van der Waals surface area contributed by atoms with Crippen molar-refractivity contribution in [3.05, 3.63) is 40.3 Å². The van der Waals surface area contributed by atoms with Crippen molar-refractivity contribution in [3.63, 3.8) is 0 Å². The van der Waals surface area contributed by atoms with Crippen LogP contribution in [-0.2, 0) is 14.3 Å². The van der Waals surface area contributed by atoms with Crippen LogP contribution in [0.2, 0.25) is 0 Å². The van der Waals surface area contributed by atoms with E-state index in [1.54, 1.807) is 5.01 Å². The normalized spacial score (nSPS) is 19.6. The third-order valence-electron chi connectivity index (χ3n) is 5.69. The second-order valence-corrected chi connectivity index (χ2v) is 8.57. The Bertz CT molecular complexity index is 902. The number of nitroso groups, excluding NO2 is 1. The number of hydrogen-bond acceptors (Lipinski definition) is 8. The molecule has 1 aromatic rings. The summed E-state index contributed by atoms with van der Waals surface area (Å²) < 4.78 is 63.5. The van der Waals surface area contributed by atoms with Crippen molar-refractivity contribution in [2.75, 3.05) is 13.1 Å². The van der Waals surface area contributed by atoms with Gasteiger partial charge in [0.15, 0.2) is 5.72 Å². The van der Waals surface area contributed by atoms with Gasteiger partial charge >= 0.3 is 17.3 Å². The average Bonchev–Trinajstić information content (AvgIpc) is 2.81. The van der Waals surface area contributed by atoms with Gasteiger partial charge in [-0.2, -0.15) is 8.78 Å². The van der Waals surface area contributed by atoms with Crippen LogP contribution in [0.1, 0.15) is 69.2 Å². The van der Waals surface area contributed by atoms with E-state index in [4.69, 9.17) is 21.1 Å². The minimum absolute atomic E-state index is 0.0709. The number of alkyl halides is 3. The van der Waals surface area contributed by atoms with Gasteiger partial charge in [0.05, 0.1) is 5.56 Å². The van der Waals surface area contributed by atoms with E-state index in [0.29, 0.717) is 18.9 Å². The van der Waals surface area contributed by atoms with Gasteiger partial charge < -0.3 is 9.47 Å². The smallest absolute Gasteiger partial charge is 0.418 e. The van der Waals surface area contributed by atoms with Crippen LogP contribution in [0.25, 0.3) is 0 Å². The first-order valence-electron chi connectivity index (χ1n) is 11.3. The molecule has 35 heavy (non-hydrogen) atoms. The van der Waals surface area contributed by atoms with Gasteiger partial charge in [-0.1, -0.05) is 20.3 Å². The second kappa shape index (κ2) is 12.1. The molecule has 0 amide bonds. The summed E-state index contributed by atoms with van der Waals surface area (Å²) in [4.78, 5) is 35.5. The van der Waals surface area contributed by atoms with Crippen molar-refractivity contribution >= 4 is 23.5 Å². The van der Waals surface area contributed by atoms with Crippen molar-refractivity contribution in [3.8, 4) is 0 Å². The van der Waals surface area contributed by atoms with E-state index in [2.05, 4.69) is 10.6 Å². The number of hydrazine groups is 1. The maximum absolute atomic E-state index is 13.9. The Morgan fingerprint density at radius 2 is 1.66 bits per heavy atom. The van der Waals surface area contributed by atoms with Gasteiger partial charge in [0.2, 0.25) is 5.72 Å². The van der Waals surface area contributed by atoms with Gasteiger partial charge in [-0.05, 0) is 41.8 Å². The lowest BCUT2D eigenvalue weighted by atomic mass is 9.91. The number of carbonyl (C=O) groups excluding carboxylic acids is 2. The summed E-state index contributed by atoms with van der Waals surface area (Å²) in [5.74, 6) is -5.06. The molecule has 196 valence electrons. The number of hydrogen-bond donors (Lipinski definition) is 1. The molecule has 13 heteroatoms. The van der Waals surface area contributed by atoms with Gasteiger partial charge in [0.25, 0.3) is 0 Å². The third kappa shape index (κ3) is 7.58. The quantitative estimate of drug-likeness (QED) is 0.171. The first-order valence-corrected chi connectivity index (χ1v) is 11.7. The summed E-state index contributed by atoms with van der Waals surface area (Å²) in [5.41, 5.74) is -0.786. The van der Waals surface area contributed by atoms with Crippen molar-refractivity contribution in [1.82, 2.24) is 10.4 Å². The van der Waals surface area contributed by atoms with E-state index < -0.39 is 46.0 Å². The molecule has 1 aliphatic carbocycles. The highest BCUT2D eigenvalue weighted by Crippen LogP contribution is 2.35. The van der Waals surface area contributed by atoms with E-state index in [0.717, 1.165) is 18.6 Å². The molecule has 1 N–H and O–H groups in total. The van der Waals surface area contributed by atoms with E-state index >= 15 is 0 Å². The Kier molecular flexibility index (Phi) is 9.99.